The number of methoxy groups -OCH3 is 1. The molecule has 32 heavy (non-hydrogen) atoms. The summed E-state index contributed by atoms with van der Waals surface area (Å²) in [5, 5.41) is 1.32. The molecule has 1 amide bonds. The number of amides is 1. The number of ether oxygens (including phenoxy) is 1. The number of hydrogen-bond donors (Lipinski definition) is 1. The fourth-order valence-electron chi connectivity index (χ4n) is 5.39. The zero-order chi connectivity index (χ0) is 22.2. The molecule has 2 aromatic carbocycles. The Morgan fingerprint density at radius 2 is 1.94 bits per heavy atom. The van der Waals surface area contributed by atoms with Crippen molar-refractivity contribution in [2.24, 2.45) is 5.92 Å². The van der Waals surface area contributed by atoms with E-state index >= 15 is 0 Å². The van der Waals surface area contributed by atoms with Crippen molar-refractivity contribution in [3.05, 3.63) is 71.4 Å². The van der Waals surface area contributed by atoms with Crippen molar-refractivity contribution in [1.82, 2.24) is 14.8 Å². The molecule has 5 heteroatoms. The van der Waals surface area contributed by atoms with E-state index in [0.29, 0.717) is 0 Å². The number of nitrogens with zero attached hydrogens (tertiary/aromatic N) is 2. The highest BCUT2D eigenvalue weighted by molar-refractivity contribution is 5.99. The second-order valence-electron chi connectivity index (χ2n) is 8.78. The maximum atomic E-state index is 13.4. The highest BCUT2D eigenvalue weighted by Crippen LogP contribution is 2.42. The highest BCUT2D eigenvalue weighted by atomic mass is 16.5. The van der Waals surface area contributed by atoms with Crippen LogP contribution in [0.15, 0.2) is 54.7 Å². The van der Waals surface area contributed by atoms with Crippen LogP contribution in [0.5, 0.6) is 5.75 Å². The Kier molecular flexibility index (Phi) is 5.51. The highest BCUT2D eigenvalue weighted by Gasteiger charge is 2.38. The van der Waals surface area contributed by atoms with Crippen molar-refractivity contribution in [3.63, 3.8) is 0 Å². The molecule has 0 bridgehead atoms. The molecule has 0 saturated heterocycles. The third kappa shape index (κ3) is 3.51. The van der Waals surface area contributed by atoms with Gasteiger partial charge < -0.3 is 14.6 Å². The molecule has 0 spiro atoms. The zero-order valence-electron chi connectivity index (χ0n) is 19.1. The number of benzene rings is 2. The zero-order valence-corrected chi connectivity index (χ0v) is 19.1. The van der Waals surface area contributed by atoms with E-state index in [-0.39, 0.29) is 17.9 Å². The number of fused-ring (bicyclic) bond motifs is 2. The maximum Gasteiger partial charge on any atom is 0.230 e. The van der Waals surface area contributed by atoms with Gasteiger partial charge in [0.15, 0.2) is 0 Å². The van der Waals surface area contributed by atoms with Crippen LogP contribution < -0.4 is 4.74 Å². The molecule has 0 saturated carbocycles. The molecule has 5 rings (SSSR count). The number of rotatable bonds is 6. The van der Waals surface area contributed by atoms with Gasteiger partial charge in [-0.3, -0.25) is 9.69 Å². The minimum Gasteiger partial charge on any atom is -0.497 e. The van der Waals surface area contributed by atoms with E-state index in [1.165, 1.54) is 33.2 Å². The van der Waals surface area contributed by atoms with Gasteiger partial charge in [-0.1, -0.05) is 30.3 Å². The van der Waals surface area contributed by atoms with Crippen LogP contribution in [-0.2, 0) is 17.8 Å². The van der Waals surface area contributed by atoms with Gasteiger partial charge in [-0.2, -0.15) is 0 Å². The molecule has 1 aromatic heterocycles. The summed E-state index contributed by atoms with van der Waals surface area (Å²) in [4.78, 5) is 21.3. The summed E-state index contributed by atoms with van der Waals surface area (Å²) in [6.07, 6.45) is 5.38. The summed E-state index contributed by atoms with van der Waals surface area (Å²) in [6, 6.07) is 15.0. The predicted octanol–water partition coefficient (Wildman–Crippen LogP) is 4.49. The smallest absolute Gasteiger partial charge is 0.230 e. The Hall–Kier alpha value is -3.05. The summed E-state index contributed by atoms with van der Waals surface area (Å²) in [5.41, 5.74) is 6.35. The fraction of sp³-hybridized carbons (Fsp3) is 0.370. The van der Waals surface area contributed by atoms with Crippen LogP contribution in [0.4, 0.5) is 0 Å². The summed E-state index contributed by atoms with van der Waals surface area (Å²) >= 11 is 0. The number of aromatic amines is 1. The first-order valence-corrected chi connectivity index (χ1v) is 11.6. The third-order valence-corrected chi connectivity index (χ3v) is 7.06. The molecule has 0 unspecified atom stereocenters. The monoisotopic (exact) mass is 429 g/mol. The van der Waals surface area contributed by atoms with E-state index in [1.807, 2.05) is 17.0 Å². The molecule has 166 valence electrons. The second kappa shape index (κ2) is 8.47. The normalized spacial score (nSPS) is 20.0. The number of carbonyl (C=O) groups excluding carboxylic acids is 1. The van der Waals surface area contributed by atoms with Gasteiger partial charge in [0.2, 0.25) is 5.91 Å². The average Bonchev–Trinajstić information content (AvgIpc) is 3.25. The standard InChI is InChI=1S/C27H31N3O2/c1-4-29(5-2)27(31)20-13-23-22-7-6-8-24-26(22)19(15-28-24)14-25(23)30(17-20)16-18-9-11-21(32-3)12-10-18/h6-13,15,20,25,28H,4-5,14,16-17H2,1-3H3/t20-,25-/m1/s1. The van der Waals surface area contributed by atoms with Crippen molar-refractivity contribution >= 4 is 22.4 Å². The minimum absolute atomic E-state index is 0.129. The second-order valence-corrected chi connectivity index (χ2v) is 8.78. The van der Waals surface area contributed by atoms with Crippen molar-refractivity contribution in [2.45, 2.75) is 32.9 Å². The van der Waals surface area contributed by atoms with Gasteiger partial charge in [-0.15, -0.1) is 0 Å². The lowest BCUT2D eigenvalue weighted by molar-refractivity contribution is -0.134. The summed E-state index contributed by atoms with van der Waals surface area (Å²) in [6.45, 7) is 7.16. The summed E-state index contributed by atoms with van der Waals surface area (Å²) in [7, 11) is 1.69. The van der Waals surface area contributed by atoms with E-state index in [4.69, 9.17) is 4.74 Å². The largest absolute Gasteiger partial charge is 0.497 e. The SMILES string of the molecule is CCN(CC)C(=O)[C@@H]1C=C2c3cccc4[nH]cc(c34)C[C@H]2N(Cc2ccc(OC)cc2)C1. The molecular formula is C27H31N3O2. The lowest BCUT2D eigenvalue weighted by Gasteiger charge is -2.42. The molecule has 1 aliphatic heterocycles. The Balaban J connectivity index is 1.55. The first-order chi connectivity index (χ1) is 15.6. The summed E-state index contributed by atoms with van der Waals surface area (Å²) < 4.78 is 5.33. The lowest BCUT2D eigenvalue weighted by Crippen LogP contribution is -2.48. The van der Waals surface area contributed by atoms with Crippen LogP contribution >= 0.6 is 0 Å². The number of aromatic nitrogens is 1. The van der Waals surface area contributed by atoms with E-state index in [9.17, 15) is 4.79 Å². The quantitative estimate of drug-likeness (QED) is 0.628. The van der Waals surface area contributed by atoms with Crippen molar-refractivity contribution in [3.8, 4) is 5.75 Å². The molecule has 2 aliphatic rings. The maximum absolute atomic E-state index is 13.4. The van der Waals surface area contributed by atoms with Crippen molar-refractivity contribution in [1.29, 1.82) is 0 Å². The van der Waals surface area contributed by atoms with Crippen LogP contribution in [0.1, 0.15) is 30.5 Å². The lowest BCUT2D eigenvalue weighted by atomic mass is 9.79. The van der Waals surface area contributed by atoms with E-state index in [0.717, 1.165) is 38.3 Å². The minimum atomic E-state index is -0.129. The molecule has 1 aliphatic carbocycles. The molecule has 2 heterocycles. The van der Waals surface area contributed by atoms with Gasteiger partial charge >= 0.3 is 0 Å². The number of carbonyl (C=O) groups is 1. The molecule has 0 fully saturated rings. The van der Waals surface area contributed by atoms with Gasteiger partial charge in [-0.25, -0.2) is 0 Å². The Bertz CT molecular complexity index is 1160. The van der Waals surface area contributed by atoms with Crippen LogP contribution in [0, 0.1) is 5.92 Å². The van der Waals surface area contributed by atoms with Gasteiger partial charge in [0.05, 0.1) is 13.0 Å². The Morgan fingerprint density at radius 1 is 1.16 bits per heavy atom. The summed E-state index contributed by atoms with van der Waals surface area (Å²) in [5.74, 6) is 0.965. The Morgan fingerprint density at radius 3 is 2.66 bits per heavy atom. The van der Waals surface area contributed by atoms with Crippen molar-refractivity contribution in [2.75, 3.05) is 26.7 Å². The number of nitrogens with one attached hydrogen (secondary N) is 1. The van der Waals surface area contributed by atoms with Gasteiger partial charge in [0.25, 0.3) is 0 Å². The van der Waals surface area contributed by atoms with Crippen LogP contribution in [0.25, 0.3) is 16.5 Å². The van der Waals surface area contributed by atoms with Gasteiger partial charge in [0.1, 0.15) is 5.75 Å². The molecule has 3 aromatic rings. The number of hydrogen-bond acceptors (Lipinski definition) is 3. The number of H-pyrrole nitrogens is 1. The van der Waals surface area contributed by atoms with Gasteiger partial charge in [-0.05, 0) is 60.7 Å². The van der Waals surface area contributed by atoms with Gasteiger partial charge in [0, 0.05) is 49.3 Å². The predicted molar refractivity (Wildman–Crippen MR) is 129 cm³/mol. The Labute approximate surface area is 189 Å². The molecule has 5 nitrogen and oxygen atoms in total. The van der Waals surface area contributed by atoms with E-state index in [2.05, 4.69) is 66.3 Å². The van der Waals surface area contributed by atoms with Crippen LogP contribution in [0.2, 0.25) is 0 Å². The molecule has 0 radical (unpaired) electrons. The molecular weight excluding hydrogens is 398 g/mol. The molecule has 2 atom stereocenters. The third-order valence-electron chi connectivity index (χ3n) is 7.06. The topological polar surface area (TPSA) is 48.6 Å². The first-order valence-electron chi connectivity index (χ1n) is 11.6. The molecule has 1 N–H and O–H groups in total. The average molecular weight is 430 g/mol. The first kappa shape index (κ1) is 20.8. The fourth-order valence-corrected chi connectivity index (χ4v) is 5.39. The van der Waals surface area contributed by atoms with Crippen LogP contribution in [0.3, 0.4) is 0 Å². The van der Waals surface area contributed by atoms with E-state index in [1.54, 1.807) is 7.11 Å². The van der Waals surface area contributed by atoms with Crippen molar-refractivity contribution < 1.29 is 9.53 Å². The van der Waals surface area contributed by atoms with Crippen LogP contribution in [-0.4, -0.2) is 53.5 Å². The van der Waals surface area contributed by atoms with E-state index < -0.39 is 0 Å².